The van der Waals surface area contributed by atoms with Crippen LogP contribution in [0, 0.1) is 13.8 Å². The van der Waals surface area contributed by atoms with Gasteiger partial charge in [0.1, 0.15) is 0 Å². The Balaban J connectivity index is 1.90. The van der Waals surface area contributed by atoms with Crippen LogP contribution in [0.15, 0.2) is 24.5 Å². The van der Waals surface area contributed by atoms with E-state index in [2.05, 4.69) is 11.1 Å². The van der Waals surface area contributed by atoms with Gasteiger partial charge in [-0.1, -0.05) is 17.2 Å². The minimum absolute atomic E-state index is 0.0641. The molecule has 0 N–H and O–H groups in total. The van der Waals surface area contributed by atoms with Gasteiger partial charge in [0, 0.05) is 37.9 Å². The number of fused-ring (bicyclic) bond motifs is 1. The molecule has 2 aromatic rings. The monoisotopic (exact) mass is 313 g/mol. The molecular weight excluding hydrogens is 290 g/mol. The highest BCUT2D eigenvalue weighted by molar-refractivity contribution is 5.94. The van der Waals surface area contributed by atoms with Crippen LogP contribution in [0.2, 0.25) is 0 Å². The Kier molecular flexibility index (Phi) is 4.22. The summed E-state index contributed by atoms with van der Waals surface area (Å²) >= 11 is 0. The standard InChI is InChI=1S/C18H23N3O2/c1-12-5-13(2)7-14(6-12)18(22)21-8-15(10-23-4)17-16(9-21)19-11-20(17)3/h5-7,11,15H,8-10H2,1-4H3/t15-/m0/s1. The molecule has 0 aliphatic carbocycles. The fourth-order valence-electron chi connectivity index (χ4n) is 3.50. The topological polar surface area (TPSA) is 47.4 Å². The molecule has 1 aliphatic rings. The largest absolute Gasteiger partial charge is 0.384 e. The molecule has 1 atom stereocenters. The van der Waals surface area contributed by atoms with E-state index in [1.54, 1.807) is 7.11 Å². The second-order valence-corrected chi connectivity index (χ2v) is 6.40. The first-order valence-electron chi connectivity index (χ1n) is 7.86. The summed E-state index contributed by atoms with van der Waals surface area (Å²) in [5.74, 6) is 0.223. The van der Waals surface area contributed by atoms with E-state index in [4.69, 9.17) is 4.74 Å². The number of nitrogens with zero attached hydrogens (tertiary/aromatic N) is 3. The number of imidazole rings is 1. The number of hydrogen-bond donors (Lipinski definition) is 0. The molecule has 0 saturated heterocycles. The molecule has 122 valence electrons. The van der Waals surface area contributed by atoms with Gasteiger partial charge in [-0.25, -0.2) is 4.98 Å². The Bertz CT molecular complexity index is 716. The van der Waals surface area contributed by atoms with Crippen LogP contribution in [0.4, 0.5) is 0 Å². The second-order valence-electron chi connectivity index (χ2n) is 6.40. The van der Waals surface area contributed by atoms with Crippen LogP contribution in [0.5, 0.6) is 0 Å². The van der Waals surface area contributed by atoms with Crippen molar-refractivity contribution in [3.05, 3.63) is 52.6 Å². The van der Waals surface area contributed by atoms with E-state index in [1.165, 1.54) is 5.69 Å². The van der Waals surface area contributed by atoms with Gasteiger partial charge < -0.3 is 14.2 Å². The zero-order chi connectivity index (χ0) is 16.6. The number of carbonyl (C=O) groups is 1. The first-order chi connectivity index (χ1) is 11.0. The Morgan fingerprint density at radius 3 is 2.65 bits per heavy atom. The Hall–Kier alpha value is -2.14. The van der Waals surface area contributed by atoms with Crippen LogP contribution in [-0.4, -0.2) is 40.6 Å². The maximum atomic E-state index is 12.9. The summed E-state index contributed by atoms with van der Waals surface area (Å²) in [7, 11) is 3.69. The molecule has 3 rings (SSSR count). The molecule has 0 radical (unpaired) electrons. The van der Waals surface area contributed by atoms with Crippen molar-refractivity contribution in [2.45, 2.75) is 26.3 Å². The summed E-state index contributed by atoms with van der Waals surface area (Å²) < 4.78 is 7.39. The summed E-state index contributed by atoms with van der Waals surface area (Å²) in [6.45, 7) is 5.84. The van der Waals surface area contributed by atoms with E-state index >= 15 is 0 Å². The quantitative estimate of drug-likeness (QED) is 0.874. The number of ether oxygens (including phenoxy) is 1. The van der Waals surface area contributed by atoms with Gasteiger partial charge >= 0.3 is 0 Å². The van der Waals surface area contributed by atoms with Gasteiger partial charge in [-0.05, 0) is 26.0 Å². The van der Waals surface area contributed by atoms with Gasteiger partial charge in [-0.3, -0.25) is 4.79 Å². The average Bonchev–Trinajstić information content (AvgIpc) is 2.87. The first kappa shape index (κ1) is 15.7. The van der Waals surface area contributed by atoms with E-state index in [9.17, 15) is 4.79 Å². The number of amides is 1. The van der Waals surface area contributed by atoms with E-state index in [0.717, 1.165) is 22.4 Å². The molecule has 0 fully saturated rings. The number of hydrogen-bond acceptors (Lipinski definition) is 3. The number of rotatable bonds is 3. The van der Waals surface area contributed by atoms with Gasteiger partial charge in [0.15, 0.2) is 0 Å². The summed E-state index contributed by atoms with van der Waals surface area (Å²) in [5.41, 5.74) is 5.11. The van der Waals surface area contributed by atoms with Gasteiger partial charge in [0.05, 0.1) is 25.2 Å². The second kappa shape index (κ2) is 6.16. The van der Waals surface area contributed by atoms with Crippen molar-refractivity contribution in [2.24, 2.45) is 7.05 Å². The summed E-state index contributed by atoms with van der Waals surface area (Å²) in [4.78, 5) is 19.3. The summed E-state index contributed by atoms with van der Waals surface area (Å²) in [5, 5.41) is 0. The summed E-state index contributed by atoms with van der Waals surface area (Å²) in [6, 6.07) is 5.99. The molecule has 1 aromatic heterocycles. The van der Waals surface area contributed by atoms with Crippen molar-refractivity contribution in [3.8, 4) is 0 Å². The fourth-order valence-corrected chi connectivity index (χ4v) is 3.50. The van der Waals surface area contributed by atoms with Crippen LogP contribution in [0.1, 0.15) is 38.8 Å². The zero-order valence-corrected chi connectivity index (χ0v) is 14.2. The van der Waals surface area contributed by atoms with Crippen molar-refractivity contribution in [1.29, 1.82) is 0 Å². The maximum absolute atomic E-state index is 12.9. The van der Waals surface area contributed by atoms with Crippen molar-refractivity contribution >= 4 is 5.91 Å². The lowest BCUT2D eigenvalue weighted by atomic mass is 9.97. The maximum Gasteiger partial charge on any atom is 0.254 e. The minimum Gasteiger partial charge on any atom is -0.384 e. The van der Waals surface area contributed by atoms with E-state index in [-0.39, 0.29) is 11.8 Å². The molecule has 5 nitrogen and oxygen atoms in total. The molecule has 0 bridgehead atoms. The van der Waals surface area contributed by atoms with Gasteiger partial charge in [0.2, 0.25) is 0 Å². The molecule has 5 heteroatoms. The van der Waals surface area contributed by atoms with Crippen molar-refractivity contribution < 1.29 is 9.53 Å². The number of aryl methyl sites for hydroxylation is 3. The smallest absolute Gasteiger partial charge is 0.254 e. The van der Waals surface area contributed by atoms with Crippen LogP contribution >= 0.6 is 0 Å². The molecule has 1 aliphatic heterocycles. The lowest BCUT2D eigenvalue weighted by molar-refractivity contribution is 0.0673. The van der Waals surface area contributed by atoms with Crippen LogP contribution in [0.25, 0.3) is 0 Å². The SMILES string of the molecule is COC[C@@H]1CN(C(=O)c2cc(C)cc(C)c2)Cc2ncn(C)c21. The van der Waals surface area contributed by atoms with Crippen molar-refractivity contribution in [2.75, 3.05) is 20.3 Å². The Morgan fingerprint density at radius 2 is 2.00 bits per heavy atom. The minimum atomic E-state index is 0.0641. The van der Waals surface area contributed by atoms with Gasteiger partial charge in [0.25, 0.3) is 5.91 Å². The predicted molar refractivity (Wildman–Crippen MR) is 88.5 cm³/mol. The molecule has 0 saturated carbocycles. The number of methoxy groups -OCH3 is 1. The molecule has 0 unspecified atom stereocenters. The van der Waals surface area contributed by atoms with Crippen molar-refractivity contribution in [3.63, 3.8) is 0 Å². The highest BCUT2D eigenvalue weighted by Crippen LogP contribution is 2.28. The number of carbonyl (C=O) groups excluding carboxylic acids is 1. The predicted octanol–water partition coefficient (Wildman–Crippen LogP) is 2.42. The normalized spacial score (nSPS) is 17.2. The van der Waals surface area contributed by atoms with Crippen LogP contribution < -0.4 is 0 Å². The number of benzene rings is 1. The average molecular weight is 313 g/mol. The molecule has 2 heterocycles. The molecule has 1 aromatic carbocycles. The molecule has 1 amide bonds. The highest BCUT2D eigenvalue weighted by atomic mass is 16.5. The van der Waals surface area contributed by atoms with Gasteiger partial charge in [-0.2, -0.15) is 0 Å². The Labute approximate surface area is 136 Å². The number of aromatic nitrogens is 2. The third-order valence-corrected chi connectivity index (χ3v) is 4.35. The van der Waals surface area contributed by atoms with E-state index in [0.29, 0.717) is 19.7 Å². The fraction of sp³-hybridized carbons (Fsp3) is 0.444. The highest BCUT2D eigenvalue weighted by Gasteiger charge is 2.31. The van der Waals surface area contributed by atoms with Crippen LogP contribution in [-0.2, 0) is 18.3 Å². The summed E-state index contributed by atoms with van der Waals surface area (Å²) in [6.07, 6.45) is 1.82. The third-order valence-electron chi connectivity index (χ3n) is 4.35. The van der Waals surface area contributed by atoms with E-state index in [1.807, 2.05) is 48.8 Å². The third kappa shape index (κ3) is 3.01. The molecule has 23 heavy (non-hydrogen) atoms. The Morgan fingerprint density at radius 1 is 1.30 bits per heavy atom. The van der Waals surface area contributed by atoms with E-state index < -0.39 is 0 Å². The zero-order valence-electron chi connectivity index (χ0n) is 14.2. The lowest BCUT2D eigenvalue weighted by Crippen LogP contribution is -2.40. The first-order valence-corrected chi connectivity index (χ1v) is 7.86. The molecule has 0 spiro atoms. The van der Waals surface area contributed by atoms with Crippen LogP contribution in [0.3, 0.4) is 0 Å². The van der Waals surface area contributed by atoms with Crippen molar-refractivity contribution in [1.82, 2.24) is 14.5 Å². The van der Waals surface area contributed by atoms with Gasteiger partial charge in [-0.15, -0.1) is 0 Å². The lowest BCUT2D eigenvalue weighted by Gasteiger charge is -2.32. The molecular formula is C18H23N3O2.